The lowest BCUT2D eigenvalue weighted by molar-refractivity contribution is 0.670. The molecule has 66 heavy (non-hydrogen) atoms. The van der Waals surface area contributed by atoms with E-state index in [-0.39, 0.29) is 0 Å². The highest BCUT2D eigenvalue weighted by Gasteiger charge is 2.23. The van der Waals surface area contributed by atoms with Crippen LogP contribution in [0.1, 0.15) is 0 Å². The summed E-state index contributed by atoms with van der Waals surface area (Å²) in [4.78, 5) is 26.4. The number of furan rings is 2. The van der Waals surface area contributed by atoms with Gasteiger partial charge in [0.15, 0.2) is 17.5 Å². The number of para-hydroxylation sites is 4. The van der Waals surface area contributed by atoms with Crippen molar-refractivity contribution in [2.75, 3.05) is 0 Å². The van der Waals surface area contributed by atoms with E-state index in [1.165, 1.54) is 0 Å². The Morgan fingerprint density at radius 2 is 0.712 bits per heavy atom. The summed E-state index contributed by atoms with van der Waals surface area (Å²) in [5, 5.41) is 10.3. The highest BCUT2D eigenvalue weighted by Crippen LogP contribution is 2.43. The molecule has 0 spiro atoms. The Labute approximate surface area is 376 Å². The zero-order chi connectivity index (χ0) is 43.3. The molecule has 0 saturated carbocycles. The number of fused-ring (bicyclic) bond motifs is 10. The SMILES string of the molecule is c1ccc2c(-c3nc(-c4cc(-c5cccc6c5oc5ccccc56)cc(-c5cccc6c5oc5ccccc56)c4)nc(-c4c5ccccc5cc5cccnc45)n3)c3ncccc3cc2c1. The van der Waals surface area contributed by atoms with Gasteiger partial charge < -0.3 is 8.83 Å². The fourth-order valence-corrected chi connectivity index (χ4v) is 9.98. The van der Waals surface area contributed by atoms with E-state index in [9.17, 15) is 0 Å². The number of nitrogens with zero attached hydrogens (tertiary/aromatic N) is 5. The molecule has 0 saturated heterocycles. The Hall–Kier alpha value is -9.07. The van der Waals surface area contributed by atoms with E-state index < -0.39 is 0 Å². The van der Waals surface area contributed by atoms with E-state index in [2.05, 4.69) is 152 Å². The molecule has 306 valence electrons. The lowest BCUT2D eigenvalue weighted by Gasteiger charge is -2.15. The quantitative estimate of drug-likeness (QED) is 0.159. The zero-order valence-corrected chi connectivity index (χ0v) is 35.1. The number of benzene rings is 9. The summed E-state index contributed by atoms with van der Waals surface area (Å²) in [5.74, 6) is 1.53. The monoisotopic (exact) mass is 843 g/mol. The van der Waals surface area contributed by atoms with Crippen LogP contribution in [-0.2, 0) is 0 Å². The molecule has 0 N–H and O–H groups in total. The molecule has 14 rings (SSSR count). The molecule has 14 aromatic rings. The third-order valence-electron chi connectivity index (χ3n) is 12.9. The van der Waals surface area contributed by atoms with Crippen LogP contribution >= 0.6 is 0 Å². The molecule has 0 atom stereocenters. The Balaban J connectivity index is 1.11. The van der Waals surface area contributed by atoms with Crippen LogP contribution in [0.2, 0.25) is 0 Å². The Kier molecular flexibility index (Phi) is 7.85. The molecule has 0 amide bonds. The summed E-state index contributed by atoms with van der Waals surface area (Å²) in [6, 6.07) is 64.9. The van der Waals surface area contributed by atoms with Gasteiger partial charge in [-0.15, -0.1) is 0 Å². The molecule has 7 heteroatoms. The van der Waals surface area contributed by atoms with Gasteiger partial charge in [0.05, 0.1) is 22.2 Å². The van der Waals surface area contributed by atoms with Crippen LogP contribution in [0, 0.1) is 0 Å². The number of hydrogen-bond acceptors (Lipinski definition) is 7. The minimum absolute atomic E-state index is 0.501. The van der Waals surface area contributed by atoms with Crippen LogP contribution in [0.4, 0.5) is 0 Å². The molecule has 0 bridgehead atoms. The third-order valence-corrected chi connectivity index (χ3v) is 12.9. The topological polar surface area (TPSA) is 90.7 Å². The average Bonchev–Trinajstić information content (AvgIpc) is 3.96. The van der Waals surface area contributed by atoms with Crippen LogP contribution in [0.5, 0.6) is 0 Å². The molecular formula is C59H33N5O2. The molecule has 0 radical (unpaired) electrons. The van der Waals surface area contributed by atoms with Crippen LogP contribution < -0.4 is 0 Å². The molecule has 0 aliphatic carbocycles. The average molecular weight is 844 g/mol. The first-order valence-electron chi connectivity index (χ1n) is 22.0. The summed E-state index contributed by atoms with van der Waals surface area (Å²) >= 11 is 0. The highest BCUT2D eigenvalue weighted by molar-refractivity contribution is 6.14. The van der Waals surface area contributed by atoms with Gasteiger partial charge in [0, 0.05) is 61.4 Å². The van der Waals surface area contributed by atoms with Crippen LogP contribution in [0.15, 0.2) is 209 Å². The lowest BCUT2D eigenvalue weighted by Crippen LogP contribution is -2.03. The van der Waals surface area contributed by atoms with Crippen molar-refractivity contribution in [1.29, 1.82) is 0 Å². The predicted octanol–water partition coefficient (Wildman–Crippen LogP) is 15.4. The van der Waals surface area contributed by atoms with Gasteiger partial charge in [0.25, 0.3) is 0 Å². The van der Waals surface area contributed by atoms with Gasteiger partial charge in [0.2, 0.25) is 0 Å². The van der Waals surface area contributed by atoms with E-state index >= 15 is 0 Å². The van der Waals surface area contributed by atoms with E-state index in [4.69, 9.17) is 33.8 Å². The third kappa shape index (κ3) is 5.60. The van der Waals surface area contributed by atoms with Gasteiger partial charge in [-0.2, -0.15) is 0 Å². The molecule has 0 unspecified atom stereocenters. The Bertz CT molecular complexity index is 3940. The normalized spacial score (nSPS) is 11.9. The number of pyridine rings is 2. The van der Waals surface area contributed by atoms with Crippen molar-refractivity contribution in [2.24, 2.45) is 0 Å². The fraction of sp³-hybridized carbons (Fsp3) is 0. The summed E-state index contributed by atoms with van der Waals surface area (Å²) in [7, 11) is 0. The zero-order valence-electron chi connectivity index (χ0n) is 35.1. The van der Waals surface area contributed by atoms with Crippen LogP contribution in [0.3, 0.4) is 0 Å². The molecule has 0 aliphatic rings. The van der Waals surface area contributed by atoms with Gasteiger partial charge in [-0.25, -0.2) is 15.0 Å². The second-order valence-electron chi connectivity index (χ2n) is 16.8. The molecule has 5 aromatic heterocycles. The first kappa shape index (κ1) is 36.4. The molecule has 0 fully saturated rings. The van der Waals surface area contributed by atoms with Gasteiger partial charge in [-0.3, -0.25) is 9.97 Å². The van der Waals surface area contributed by atoms with Crippen molar-refractivity contribution < 1.29 is 8.83 Å². The first-order valence-corrected chi connectivity index (χ1v) is 22.0. The van der Waals surface area contributed by atoms with E-state index in [1.807, 2.05) is 48.8 Å². The standard InChI is InChI=1S/C59H33N5O2/c1-3-17-41-34(13-1)29-36-15-11-27-60-53(36)51(41)58-62-57(63-59(64-58)52-42-18-4-2-14-35(42)30-37-16-12-28-61-54(37)52)40-32-38(43-21-9-23-47-45-19-5-7-25-49(45)65-55(43)47)31-39(33-40)44-22-10-24-48-46-20-6-8-26-50(46)66-56(44)48/h1-33H. The van der Waals surface area contributed by atoms with Crippen molar-refractivity contribution >= 4 is 87.2 Å². The van der Waals surface area contributed by atoms with Crippen molar-refractivity contribution in [2.45, 2.75) is 0 Å². The van der Waals surface area contributed by atoms with Crippen LogP contribution in [0.25, 0.3) is 144 Å². The Morgan fingerprint density at radius 3 is 1.23 bits per heavy atom. The first-order chi connectivity index (χ1) is 32.7. The summed E-state index contributed by atoms with van der Waals surface area (Å²) in [5.41, 5.74) is 11.2. The van der Waals surface area contributed by atoms with E-state index in [0.29, 0.717) is 17.5 Å². The van der Waals surface area contributed by atoms with Crippen molar-refractivity contribution in [3.05, 3.63) is 200 Å². The minimum Gasteiger partial charge on any atom is -0.455 e. The second kappa shape index (κ2) is 14.2. The summed E-state index contributed by atoms with van der Waals surface area (Å²) in [6.07, 6.45) is 3.66. The maximum absolute atomic E-state index is 6.68. The van der Waals surface area contributed by atoms with Crippen molar-refractivity contribution in [3.63, 3.8) is 0 Å². The van der Waals surface area contributed by atoms with Gasteiger partial charge in [-0.05, 0) is 87.3 Å². The fourth-order valence-electron chi connectivity index (χ4n) is 9.98. The predicted molar refractivity (Wildman–Crippen MR) is 267 cm³/mol. The second-order valence-corrected chi connectivity index (χ2v) is 16.8. The maximum Gasteiger partial charge on any atom is 0.166 e. The minimum atomic E-state index is 0.501. The molecule has 7 nitrogen and oxygen atoms in total. The summed E-state index contributed by atoms with van der Waals surface area (Å²) in [6.45, 7) is 0. The van der Waals surface area contributed by atoms with Gasteiger partial charge in [0.1, 0.15) is 22.3 Å². The van der Waals surface area contributed by atoms with E-state index in [0.717, 1.165) is 126 Å². The van der Waals surface area contributed by atoms with E-state index in [1.54, 1.807) is 0 Å². The lowest BCUT2D eigenvalue weighted by atomic mass is 9.93. The number of aromatic nitrogens is 5. The van der Waals surface area contributed by atoms with Gasteiger partial charge >= 0.3 is 0 Å². The van der Waals surface area contributed by atoms with Crippen molar-refractivity contribution in [1.82, 2.24) is 24.9 Å². The number of hydrogen-bond donors (Lipinski definition) is 0. The summed E-state index contributed by atoms with van der Waals surface area (Å²) < 4.78 is 13.4. The molecular weight excluding hydrogens is 811 g/mol. The molecule has 0 aliphatic heterocycles. The smallest absolute Gasteiger partial charge is 0.166 e. The molecule has 9 aromatic carbocycles. The maximum atomic E-state index is 6.68. The van der Waals surface area contributed by atoms with Crippen molar-refractivity contribution in [3.8, 4) is 56.4 Å². The Morgan fingerprint density at radius 1 is 0.303 bits per heavy atom. The largest absolute Gasteiger partial charge is 0.455 e. The molecule has 5 heterocycles. The van der Waals surface area contributed by atoms with Gasteiger partial charge in [-0.1, -0.05) is 133 Å². The van der Waals surface area contributed by atoms with Crippen LogP contribution in [-0.4, -0.2) is 24.9 Å². The highest BCUT2D eigenvalue weighted by atomic mass is 16.3. The number of rotatable bonds is 5.